The van der Waals surface area contributed by atoms with Gasteiger partial charge in [-0.3, -0.25) is 4.79 Å². The molecule has 32 heavy (non-hydrogen) atoms. The molecule has 2 heterocycles. The number of phenolic OH excluding ortho intramolecular Hbond substituents is 4. The van der Waals surface area contributed by atoms with Gasteiger partial charge in [0.15, 0.2) is 22.5 Å². The van der Waals surface area contributed by atoms with E-state index in [1.165, 1.54) is 12.1 Å². The number of aromatic hydroxyl groups is 4. The summed E-state index contributed by atoms with van der Waals surface area (Å²) >= 11 is 0. The van der Waals surface area contributed by atoms with Crippen LogP contribution < -0.4 is 5.43 Å². The second-order valence-corrected chi connectivity index (χ2v) is 7.69. The minimum atomic E-state index is -1.68. The highest BCUT2D eigenvalue weighted by Gasteiger charge is 2.45. The second-order valence-electron chi connectivity index (χ2n) is 7.69. The van der Waals surface area contributed by atoms with Crippen LogP contribution in [0.2, 0.25) is 0 Å². The first-order valence-corrected chi connectivity index (χ1v) is 9.88. The van der Waals surface area contributed by atoms with Gasteiger partial charge in [-0.2, -0.15) is 0 Å². The van der Waals surface area contributed by atoms with E-state index in [-0.39, 0.29) is 40.0 Å². The second kappa shape index (κ2) is 7.99. The predicted molar refractivity (Wildman–Crippen MR) is 111 cm³/mol. The van der Waals surface area contributed by atoms with E-state index in [4.69, 9.17) is 9.15 Å². The van der Waals surface area contributed by atoms with Gasteiger partial charge in [0.2, 0.25) is 0 Å². The third kappa shape index (κ3) is 3.43. The summed E-state index contributed by atoms with van der Waals surface area (Å²) in [5.74, 6) is -2.05. The highest BCUT2D eigenvalue weighted by atomic mass is 16.5. The van der Waals surface area contributed by atoms with Gasteiger partial charge in [-0.05, 0) is 24.6 Å². The Balaban J connectivity index is 1.97. The fraction of sp³-hybridized carbons (Fsp3) is 0.318. The van der Waals surface area contributed by atoms with Crippen molar-refractivity contribution in [2.75, 3.05) is 0 Å². The van der Waals surface area contributed by atoms with E-state index in [0.717, 1.165) is 18.2 Å². The lowest BCUT2D eigenvalue weighted by atomic mass is 9.89. The van der Waals surface area contributed by atoms with Crippen molar-refractivity contribution in [2.24, 2.45) is 0 Å². The number of phenols is 4. The van der Waals surface area contributed by atoms with Gasteiger partial charge in [-0.15, -0.1) is 0 Å². The smallest absolute Gasteiger partial charge is 0.197 e. The maximum absolute atomic E-state index is 12.8. The van der Waals surface area contributed by atoms with Crippen LogP contribution in [0.5, 0.6) is 23.0 Å². The highest BCUT2D eigenvalue weighted by molar-refractivity contribution is 5.89. The number of aliphatic hydroxyl groups is 3. The maximum Gasteiger partial charge on any atom is 0.197 e. The van der Waals surface area contributed by atoms with E-state index < -0.39 is 53.2 Å². The monoisotopic (exact) mass is 446 g/mol. The number of rotatable bonds is 3. The number of ether oxygens (including phenoxy) is 1. The van der Waals surface area contributed by atoms with Gasteiger partial charge in [0.25, 0.3) is 0 Å². The summed E-state index contributed by atoms with van der Waals surface area (Å²) in [4.78, 5) is 12.8. The summed E-state index contributed by atoms with van der Waals surface area (Å²) in [5.41, 5.74) is -0.984. The molecule has 0 aliphatic carbocycles. The van der Waals surface area contributed by atoms with Crippen molar-refractivity contribution in [3.8, 4) is 34.3 Å². The van der Waals surface area contributed by atoms with Crippen molar-refractivity contribution >= 4 is 11.0 Å². The minimum Gasteiger partial charge on any atom is -0.507 e. The molecule has 0 unspecified atom stereocenters. The lowest BCUT2D eigenvalue weighted by Crippen LogP contribution is -2.53. The summed E-state index contributed by atoms with van der Waals surface area (Å²) in [5, 5.41) is 70.8. The van der Waals surface area contributed by atoms with Crippen LogP contribution in [-0.4, -0.2) is 60.2 Å². The molecule has 0 bridgehead atoms. The first-order valence-electron chi connectivity index (χ1n) is 9.88. The summed E-state index contributed by atoms with van der Waals surface area (Å²) in [6.45, 7) is 1.69. The molecule has 1 aliphatic rings. The molecule has 2 aromatic carbocycles. The Morgan fingerprint density at radius 1 is 0.844 bits per heavy atom. The number of hydrogen-bond acceptors (Lipinski definition) is 10. The lowest BCUT2D eigenvalue weighted by Gasteiger charge is -2.40. The first-order chi connectivity index (χ1) is 15.1. The molecule has 3 aromatic rings. The molecule has 5 atom stereocenters. The van der Waals surface area contributed by atoms with Gasteiger partial charge in [-0.1, -0.05) is 6.92 Å². The van der Waals surface area contributed by atoms with E-state index in [0.29, 0.717) is 0 Å². The average molecular weight is 446 g/mol. The molecule has 4 rings (SSSR count). The number of benzene rings is 2. The van der Waals surface area contributed by atoms with Crippen LogP contribution in [0.4, 0.5) is 0 Å². The Labute approximate surface area is 180 Å². The molecule has 0 spiro atoms. The summed E-state index contributed by atoms with van der Waals surface area (Å²) < 4.78 is 11.5. The Morgan fingerprint density at radius 3 is 2.22 bits per heavy atom. The Morgan fingerprint density at radius 2 is 1.56 bits per heavy atom. The minimum absolute atomic E-state index is 0.0676. The SMILES string of the molecule is CC[C@H]1O[C@@H](c2c(O)cc(O)c3c(=O)cc(-c4ccc(O)c(O)c4)oc23)[C@H](O)[C@@H](O)[C@@H]1O. The van der Waals surface area contributed by atoms with Gasteiger partial charge < -0.3 is 44.9 Å². The summed E-state index contributed by atoms with van der Waals surface area (Å²) in [6, 6.07) is 5.67. The third-order valence-electron chi connectivity index (χ3n) is 5.66. The van der Waals surface area contributed by atoms with Crippen LogP contribution in [0.3, 0.4) is 0 Å². The highest BCUT2D eigenvalue weighted by Crippen LogP contribution is 2.44. The molecule has 0 amide bonds. The first kappa shape index (κ1) is 21.9. The normalized spacial score (nSPS) is 25.8. The molecule has 0 saturated carbocycles. The molecular weight excluding hydrogens is 424 g/mol. The van der Waals surface area contributed by atoms with Crippen LogP contribution in [0, 0.1) is 0 Å². The Bertz CT molecular complexity index is 1230. The zero-order chi connectivity index (χ0) is 23.3. The Hall–Kier alpha value is -3.31. The van der Waals surface area contributed by atoms with Gasteiger partial charge in [-0.25, -0.2) is 0 Å². The molecule has 1 fully saturated rings. The standard InChI is InChI=1S/C22H22O10/c1-2-14-18(28)19(29)20(30)22(31-14)17-12(26)6-11(25)16-13(27)7-15(32-21(16)17)8-3-4-9(23)10(24)5-8/h3-7,14,18-20,22-26,28-30H,2H2,1H3/t14-,18-,19+,20-,22+/m1/s1. The van der Waals surface area contributed by atoms with Crippen LogP contribution >= 0.6 is 0 Å². The largest absolute Gasteiger partial charge is 0.507 e. The molecular formula is C22H22O10. The topological polar surface area (TPSA) is 181 Å². The van der Waals surface area contributed by atoms with Crippen molar-refractivity contribution in [2.45, 2.75) is 43.9 Å². The molecule has 1 aliphatic heterocycles. The van der Waals surface area contributed by atoms with Crippen molar-refractivity contribution < 1.29 is 44.9 Å². The predicted octanol–water partition coefficient (Wildman–Crippen LogP) is 1.21. The zero-order valence-electron chi connectivity index (χ0n) is 16.8. The van der Waals surface area contributed by atoms with Crippen LogP contribution in [0.1, 0.15) is 25.0 Å². The van der Waals surface area contributed by atoms with Crippen LogP contribution in [0.15, 0.2) is 39.5 Å². The van der Waals surface area contributed by atoms with Crippen LogP contribution in [-0.2, 0) is 4.74 Å². The van der Waals surface area contributed by atoms with Gasteiger partial charge in [0, 0.05) is 17.7 Å². The fourth-order valence-corrected chi connectivity index (χ4v) is 3.94. The number of hydrogen-bond donors (Lipinski definition) is 7. The van der Waals surface area contributed by atoms with E-state index in [1.807, 2.05) is 0 Å². The van der Waals surface area contributed by atoms with Crippen LogP contribution in [0.25, 0.3) is 22.3 Å². The van der Waals surface area contributed by atoms with E-state index in [1.54, 1.807) is 6.92 Å². The zero-order valence-corrected chi connectivity index (χ0v) is 16.8. The van der Waals surface area contributed by atoms with Crippen molar-refractivity contribution in [1.29, 1.82) is 0 Å². The molecule has 10 nitrogen and oxygen atoms in total. The van der Waals surface area contributed by atoms with Gasteiger partial charge >= 0.3 is 0 Å². The molecule has 170 valence electrons. The molecule has 7 N–H and O–H groups in total. The van der Waals surface area contributed by atoms with E-state index >= 15 is 0 Å². The van der Waals surface area contributed by atoms with Crippen molar-refractivity contribution in [3.05, 3.63) is 46.1 Å². The fourth-order valence-electron chi connectivity index (χ4n) is 3.94. The van der Waals surface area contributed by atoms with E-state index in [9.17, 15) is 40.5 Å². The number of aliphatic hydroxyl groups excluding tert-OH is 3. The Kier molecular flexibility index (Phi) is 5.47. The van der Waals surface area contributed by atoms with Crippen molar-refractivity contribution in [3.63, 3.8) is 0 Å². The summed E-state index contributed by atoms with van der Waals surface area (Å²) in [6.07, 6.45) is -6.66. The summed E-state index contributed by atoms with van der Waals surface area (Å²) in [7, 11) is 0. The lowest BCUT2D eigenvalue weighted by molar-refractivity contribution is -0.225. The molecule has 0 radical (unpaired) electrons. The molecule has 1 aromatic heterocycles. The number of fused-ring (bicyclic) bond motifs is 1. The molecule has 10 heteroatoms. The van der Waals surface area contributed by atoms with Crippen molar-refractivity contribution in [1.82, 2.24) is 0 Å². The maximum atomic E-state index is 12.8. The van der Waals surface area contributed by atoms with Gasteiger partial charge in [0.1, 0.15) is 47.1 Å². The van der Waals surface area contributed by atoms with E-state index in [2.05, 4.69) is 0 Å². The van der Waals surface area contributed by atoms with Gasteiger partial charge in [0.05, 0.1) is 11.7 Å². The third-order valence-corrected chi connectivity index (χ3v) is 5.66. The quantitative estimate of drug-likeness (QED) is 0.289. The average Bonchev–Trinajstić information content (AvgIpc) is 2.74. The molecule has 1 saturated heterocycles.